The van der Waals surface area contributed by atoms with Gasteiger partial charge in [-0.2, -0.15) is 5.10 Å². The van der Waals surface area contributed by atoms with Crippen LogP contribution in [0.25, 0.3) is 0 Å². The largest absolute Gasteiger partial charge is 0.502 e. The number of phenolic OH excluding ortho intramolecular Hbond substituents is 1. The van der Waals surface area contributed by atoms with Crippen LogP contribution in [0.4, 0.5) is 5.69 Å². The second-order valence-corrected chi connectivity index (χ2v) is 6.29. The van der Waals surface area contributed by atoms with Crippen molar-refractivity contribution in [1.29, 1.82) is 0 Å². The monoisotopic (exact) mass is 457 g/mol. The molecule has 2 aromatic carbocycles. The lowest BCUT2D eigenvalue weighted by Gasteiger charge is -2.08. The number of amides is 1. The first-order chi connectivity index (χ1) is 12.8. The number of benzene rings is 2. The molecule has 0 fully saturated rings. The molecule has 0 radical (unpaired) electrons. The van der Waals surface area contributed by atoms with Crippen molar-refractivity contribution in [3.8, 4) is 17.2 Å². The molecular weight excluding hydrogens is 446 g/mol. The number of halogens is 2. The zero-order valence-corrected chi connectivity index (χ0v) is 16.2. The Labute approximate surface area is 166 Å². The Kier molecular flexibility index (Phi) is 6.97. The molecule has 0 saturated heterocycles. The highest BCUT2D eigenvalue weighted by Crippen LogP contribution is 2.32. The first-order valence-electron chi connectivity index (χ1n) is 7.27. The predicted molar refractivity (Wildman–Crippen MR) is 102 cm³/mol. The third kappa shape index (κ3) is 5.56. The molecule has 1 amide bonds. The van der Waals surface area contributed by atoms with Crippen molar-refractivity contribution in [1.82, 2.24) is 5.43 Å². The highest BCUT2D eigenvalue weighted by Gasteiger charge is 2.17. The fourth-order valence-electron chi connectivity index (χ4n) is 1.92. The summed E-state index contributed by atoms with van der Waals surface area (Å²) in [7, 11) is 1.53. The van der Waals surface area contributed by atoms with Crippen LogP contribution in [-0.2, 0) is 4.79 Å². The van der Waals surface area contributed by atoms with Gasteiger partial charge in [0.15, 0.2) is 6.61 Å². The smallest absolute Gasteiger partial charge is 0.312 e. The van der Waals surface area contributed by atoms with E-state index in [1.165, 1.54) is 13.2 Å². The van der Waals surface area contributed by atoms with E-state index in [9.17, 15) is 20.0 Å². The summed E-state index contributed by atoms with van der Waals surface area (Å²) in [5, 5.41) is 24.3. The normalized spacial score (nSPS) is 10.6. The zero-order chi connectivity index (χ0) is 20.0. The van der Waals surface area contributed by atoms with Gasteiger partial charge in [0.2, 0.25) is 5.75 Å². The number of nitrogens with zero attached hydrogens (tertiary/aromatic N) is 2. The summed E-state index contributed by atoms with van der Waals surface area (Å²) in [5.41, 5.74) is 1.59. The minimum atomic E-state index is -0.780. The predicted octanol–water partition coefficient (Wildman–Crippen LogP) is 3.25. The lowest BCUT2D eigenvalue weighted by Crippen LogP contribution is -2.24. The average Bonchev–Trinajstić information content (AvgIpc) is 2.62. The Morgan fingerprint density at radius 2 is 2.19 bits per heavy atom. The van der Waals surface area contributed by atoms with E-state index in [0.29, 0.717) is 16.0 Å². The van der Waals surface area contributed by atoms with Crippen molar-refractivity contribution in [2.45, 2.75) is 0 Å². The maximum Gasteiger partial charge on any atom is 0.312 e. The van der Waals surface area contributed by atoms with Gasteiger partial charge in [-0.3, -0.25) is 14.9 Å². The number of phenols is 1. The number of methoxy groups -OCH3 is 1. The number of hydrogen-bond donors (Lipinski definition) is 2. The lowest BCUT2D eigenvalue weighted by molar-refractivity contribution is -0.385. The minimum Gasteiger partial charge on any atom is -0.502 e. The van der Waals surface area contributed by atoms with E-state index in [1.807, 2.05) is 0 Å². The molecule has 0 bridgehead atoms. The summed E-state index contributed by atoms with van der Waals surface area (Å²) in [5.74, 6) is -0.137. The summed E-state index contributed by atoms with van der Waals surface area (Å²) in [6.45, 7) is -0.329. The molecule has 2 aromatic rings. The summed E-state index contributed by atoms with van der Waals surface area (Å²) >= 11 is 9.06. The molecular formula is C16H13BrClN3O6. The van der Waals surface area contributed by atoms with Crippen LogP contribution in [0.2, 0.25) is 5.02 Å². The summed E-state index contributed by atoms with van der Waals surface area (Å²) < 4.78 is 11.0. The van der Waals surface area contributed by atoms with E-state index in [2.05, 4.69) is 26.5 Å². The van der Waals surface area contributed by atoms with Crippen LogP contribution in [0, 0.1) is 10.1 Å². The molecule has 27 heavy (non-hydrogen) atoms. The van der Waals surface area contributed by atoms with E-state index >= 15 is 0 Å². The second-order valence-electron chi connectivity index (χ2n) is 5.00. The fourth-order valence-corrected chi connectivity index (χ4v) is 2.61. The maximum atomic E-state index is 11.8. The molecule has 0 aliphatic heterocycles. The van der Waals surface area contributed by atoms with Gasteiger partial charge in [-0.05, 0) is 40.2 Å². The van der Waals surface area contributed by atoms with E-state index < -0.39 is 22.3 Å². The summed E-state index contributed by atoms with van der Waals surface area (Å²) in [6, 6.07) is 7.26. The van der Waals surface area contributed by atoms with E-state index in [-0.39, 0.29) is 17.2 Å². The van der Waals surface area contributed by atoms with Gasteiger partial charge in [-0.15, -0.1) is 0 Å². The van der Waals surface area contributed by atoms with Crippen molar-refractivity contribution < 1.29 is 24.3 Å². The van der Waals surface area contributed by atoms with Gasteiger partial charge < -0.3 is 14.6 Å². The van der Waals surface area contributed by atoms with Gasteiger partial charge in [-0.25, -0.2) is 5.43 Å². The number of nitro benzene ring substituents is 1. The molecule has 11 heteroatoms. The van der Waals surface area contributed by atoms with Crippen LogP contribution in [-0.4, -0.2) is 35.9 Å². The molecule has 142 valence electrons. The molecule has 0 aromatic heterocycles. The van der Waals surface area contributed by atoms with Gasteiger partial charge in [0.05, 0.1) is 22.7 Å². The molecule has 2 rings (SSSR count). The highest BCUT2D eigenvalue weighted by molar-refractivity contribution is 9.10. The number of ether oxygens (including phenoxy) is 2. The zero-order valence-electron chi connectivity index (χ0n) is 13.8. The van der Waals surface area contributed by atoms with Crippen LogP contribution in [0.1, 0.15) is 5.56 Å². The van der Waals surface area contributed by atoms with Crippen molar-refractivity contribution in [3.05, 3.63) is 55.5 Å². The fraction of sp³-hybridized carbons (Fsp3) is 0.125. The Balaban J connectivity index is 1.97. The Morgan fingerprint density at radius 3 is 2.81 bits per heavy atom. The number of carbonyl (C=O) groups excluding carboxylic acids is 1. The standard InChI is InChI=1S/C16H13BrClN3O6/c1-26-11-2-3-14(12(17)6-11)27-8-15(22)20-19-7-9-4-10(18)5-13(16(9)23)21(24)25/h2-7,23H,8H2,1H3,(H,20,22)/b19-7+. The van der Waals surface area contributed by atoms with Crippen LogP contribution in [0.5, 0.6) is 17.2 Å². The minimum absolute atomic E-state index is 0.0201. The number of hydrazone groups is 1. The third-order valence-corrected chi connectivity index (χ3v) is 4.01. The Morgan fingerprint density at radius 1 is 1.44 bits per heavy atom. The van der Waals surface area contributed by atoms with Gasteiger partial charge in [0, 0.05) is 16.7 Å². The molecule has 0 heterocycles. The van der Waals surface area contributed by atoms with Crippen molar-refractivity contribution in [2.24, 2.45) is 5.10 Å². The average molecular weight is 459 g/mol. The van der Waals surface area contributed by atoms with Crippen molar-refractivity contribution >= 4 is 45.3 Å². The Bertz CT molecular complexity index is 906. The molecule has 0 unspecified atom stereocenters. The molecule has 0 atom stereocenters. The van der Waals surface area contributed by atoms with Crippen LogP contribution < -0.4 is 14.9 Å². The van der Waals surface area contributed by atoms with Gasteiger partial charge >= 0.3 is 5.69 Å². The third-order valence-electron chi connectivity index (χ3n) is 3.17. The van der Waals surface area contributed by atoms with E-state index in [1.54, 1.807) is 18.2 Å². The number of aromatic hydroxyl groups is 1. The van der Waals surface area contributed by atoms with E-state index in [0.717, 1.165) is 12.3 Å². The summed E-state index contributed by atoms with van der Waals surface area (Å²) in [4.78, 5) is 21.8. The molecule has 0 aliphatic rings. The van der Waals surface area contributed by atoms with Crippen LogP contribution in [0.3, 0.4) is 0 Å². The van der Waals surface area contributed by atoms with Crippen LogP contribution >= 0.6 is 27.5 Å². The molecule has 0 aliphatic carbocycles. The van der Waals surface area contributed by atoms with Crippen molar-refractivity contribution in [3.63, 3.8) is 0 Å². The van der Waals surface area contributed by atoms with E-state index in [4.69, 9.17) is 21.1 Å². The SMILES string of the molecule is COc1ccc(OCC(=O)N/N=C/c2cc(Cl)cc([N+](=O)[O-])c2O)c(Br)c1. The maximum absolute atomic E-state index is 11.8. The summed E-state index contributed by atoms with van der Waals surface area (Å²) in [6.07, 6.45) is 1.04. The number of rotatable bonds is 7. The van der Waals surface area contributed by atoms with Crippen molar-refractivity contribution in [2.75, 3.05) is 13.7 Å². The number of nitro groups is 1. The lowest BCUT2D eigenvalue weighted by atomic mass is 10.2. The Hall–Kier alpha value is -2.85. The number of nitrogens with one attached hydrogen (secondary N) is 1. The van der Waals surface area contributed by atoms with Gasteiger partial charge in [0.1, 0.15) is 11.5 Å². The molecule has 9 nitrogen and oxygen atoms in total. The van der Waals surface area contributed by atoms with Gasteiger partial charge in [0.25, 0.3) is 5.91 Å². The molecule has 0 saturated carbocycles. The number of carbonyl (C=O) groups is 1. The second kappa shape index (κ2) is 9.19. The topological polar surface area (TPSA) is 123 Å². The first-order valence-corrected chi connectivity index (χ1v) is 8.44. The highest BCUT2D eigenvalue weighted by atomic mass is 79.9. The molecule has 0 spiro atoms. The molecule has 2 N–H and O–H groups in total. The quantitative estimate of drug-likeness (QED) is 0.373. The van der Waals surface area contributed by atoms with Crippen LogP contribution in [0.15, 0.2) is 39.9 Å². The van der Waals surface area contributed by atoms with Gasteiger partial charge in [-0.1, -0.05) is 11.6 Å². The first kappa shape index (κ1) is 20.5. The number of hydrogen-bond acceptors (Lipinski definition) is 7.